The van der Waals surface area contributed by atoms with E-state index in [1.807, 2.05) is 0 Å². The van der Waals surface area contributed by atoms with Gasteiger partial charge in [-0.1, -0.05) is 0 Å². The predicted octanol–water partition coefficient (Wildman–Crippen LogP) is 2.02. The minimum atomic E-state index is -3.77. The Kier molecular flexibility index (Phi) is 4.59. The van der Waals surface area contributed by atoms with E-state index in [1.165, 1.54) is 43.8 Å². The van der Waals surface area contributed by atoms with Crippen LogP contribution in [0.4, 0.5) is 11.6 Å². The van der Waals surface area contributed by atoms with Gasteiger partial charge < -0.3 is 4.74 Å². The number of ether oxygens (including phenoxy) is 1. The van der Waals surface area contributed by atoms with Crippen LogP contribution in [0.2, 0.25) is 0 Å². The standard InChI is InChI=1S/C12H10N4O3S2/c1-19-10-6-13-12(14-7-10)16-21(17,18)11-4-2-9(3-5-11)15-8-20/h2-7H,1H3,(H,13,14,16). The van der Waals surface area contributed by atoms with Gasteiger partial charge in [-0.05, 0) is 36.5 Å². The van der Waals surface area contributed by atoms with Crippen LogP contribution in [-0.2, 0) is 10.0 Å². The molecule has 1 aromatic heterocycles. The van der Waals surface area contributed by atoms with Gasteiger partial charge in [0, 0.05) is 0 Å². The van der Waals surface area contributed by atoms with Crippen LogP contribution in [-0.4, -0.2) is 30.7 Å². The number of anilines is 1. The molecule has 0 saturated heterocycles. The van der Waals surface area contributed by atoms with Crippen LogP contribution in [0.1, 0.15) is 0 Å². The first-order valence-electron chi connectivity index (χ1n) is 5.62. The van der Waals surface area contributed by atoms with E-state index in [4.69, 9.17) is 4.74 Å². The molecule has 0 fully saturated rings. The monoisotopic (exact) mass is 322 g/mol. The Bertz CT molecular complexity index is 767. The van der Waals surface area contributed by atoms with Crippen molar-refractivity contribution in [2.45, 2.75) is 4.90 Å². The average molecular weight is 322 g/mol. The summed E-state index contributed by atoms with van der Waals surface area (Å²) in [5.41, 5.74) is 0.518. The SMILES string of the molecule is COc1cnc(NS(=O)(=O)c2ccc(N=C=S)cc2)nc1. The van der Waals surface area contributed by atoms with Gasteiger partial charge in [0.05, 0.1) is 35.2 Å². The lowest BCUT2D eigenvalue weighted by molar-refractivity contribution is 0.411. The molecule has 0 aliphatic heterocycles. The summed E-state index contributed by atoms with van der Waals surface area (Å²) >= 11 is 4.47. The first-order valence-corrected chi connectivity index (χ1v) is 7.51. The van der Waals surface area contributed by atoms with Crippen molar-refractivity contribution in [3.8, 4) is 5.75 Å². The second-order valence-electron chi connectivity index (χ2n) is 3.75. The van der Waals surface area contributed by atoms with Gasteiger partial charge in [-0.3, -0.25) is 0 Å². The number of aromatic nitrogens is 2. The van der Waals surface area contributed by atoms with Gasteiger partial charge in [0.25, 0.3) is 10.0 Å². The van der Waals surface area contributed by atoms with Crippen LogP contribution < -0.4 is 9.46 Å². The molecular weight excluding hydrogens is 312 g/mol. The summed E-state index contributed by atoms with van der Waals surface area (Å²) in [6, 6.07) is 5.83. The maximum absolute atomic E-state index is 12.1. The maximum atomic E-state index is 12.1. The van der Waals surface area contributed by atoms with Gasteiger partial charge in [0.1, 0.15) is 0 Å². The fraction of sp³-hybridized carbons (Fsp3) is 0.0833. The molecule has 0 saturated carbocycles. The van der Waals surface area contributed by atoms with Crippen molar-refractivity contribution in [2.24, 2.45) is 4.99 Å². The van der Waals surface area contributed by atoms with Gasteiger partial charge >= 0.3 is 0 Å². The summed E-state index contributed by atoms with van der Waals surface area (Å²) in [6.07, 6.45) is 2.73. The number of nitrogens with one attached hydrogen (secondary N) is 1. The highest BCUT2D eigenvalue weighted by Crippen LogP contribution is 2.18. The predicted molar refractivity (Wildman–Crippen MR) is 80.5 cm³/mol. The van der Waals surface area contributed by atoms with E-state index in [0.29, 0.717) is 11.4 Å². The number of methoxy groups -OCH3 is 1. The number of rotatable bonds is 5. The zero-order valence-corrected chi connectivity index (χ0v) is 12.5. The molecule has 108 valence electrons. The summed E-state index contributed by atoms with van der Waals surface area (Å²) in [6.45, 7) is 0. The van der Waals surface area contributed by atoms with E-state index in [9.17, 15) is 8.42 Å². The van der Waals surface area contributed by atoms with Gasteiger partial charge in [-0.15, -0.1) is 0 Å². The van der Waals surface area contributed by atoms with E-state index < -0.39 is 10.0 Å². The topological polar surface area (TPSA) is 93.5 Å². The Balaban J connectivity index is 2.22. The fourth-order valence-corrected chi connectivity index (χ4v) is 2.47. The molecule has 2 rings (SSSR count). The number of nitrogens with zero attached hydrogens (tertiary/aromatic N) is 3. The molecule has 1 N–H and O–H groups in total. The third kappa shape index (κ3) is 3.82. The first-order chi connectivity index (χ1) is 10.0. The normalized spacial score (nSPS) is 10.5. The van der Waals surface area contributed by atoms with Gasteiger partial charge in [-0.2, -0.15) is 4.99 Å². The third-order valence-corrected chi connectivity index (χ3v) is 3.85. The van der Waals surface area contributed by atoms with Crippen molar-refractivity contribution in [3.05, 3.63) is 36.7 Å². The van der Waals surface area contributed by atoms with Crippen LogP contribution in [0, 0.1) is 0 Å². The molecule has 2 aromatic rings. The van der Waals surface area contributed by atoms with Crippen LogP contribution in [0.25, 0.3) is 0 Å². The highest BCUT2D eigenvalue weighted by molar-refractivity contribution is 7.92. The highest BCUT2D eigenvalue weighted by atomic mass is 32.2. The first kappa shape index (κ1) is 15.0. The molecule has 0 aliphatic rings. The molecule has 0 aliphatic carbocycles. The number of sulfonamides is 1. The van der Waals surface area contributed by atoms with Crippen molar-refractivity contribution < 1.29 is 13.2 Å². The minimum absolute atomic E-state index is 0.0446. The zero-order valence-electron chi connectivity index (χ0n) is 10.8. The van der Waals surface area contributed by atoms with Crippen LogP contribution in [0.3, 0.4) is 0 Å². The number of thiocarbonyl (C=S) groups is 1. The third-order valence-electron chi connectivity index (χ3n) is 2.41. The Morgan fingerprint density at radius 3 is 2.38 bits per heavy atom. The highest BCUT2D eigenvalue weighted by Gasteiger charge is 2.15. The van der Waals surface area contributed by atoms with Gasteiger partial charge in [0.15, 0.2) is 5.75 Å². The molecule has 0 spiro atoms. The molecule has 0 radical (unpaired) electrons. The molecule has 0 bridgehead atoms. The summed E-state index contributed by atoms with van der Waals surface area (Å²) in [5.74, 6) is 0.386. The minimum Gasteiger partial charge on any atom is -0.494 e. The number of aliphatic imine (C=N–C) groups is 1. The molecule has 9 heteroatoms. The number of hydrogen-bond donors (Lipinski definition) is 1. The Labute approximate surface area is 126 Å². The summed E-state index contributed by atoms with van der Waals surface area (Å²) in [5, 5.41) is 2.20. The molecule has 1 heterocycles. The lowest BCUT2D eigenvalue weighted by atomic mass is 10.3. The van der Waals surface area contributed by atoms with Crippen molar-refractivity contribution in [2.75, 3.05) is 11.8 Å². The van der Waals surface area contributed by atoms with Crippen molar-refractivity contribution in [1.29, 1.82) is 0 Å². The smallest absolute Gasteiger partial charge is 0.264 e. The van der Waals surface area contributed by atoms with E-state index in [-0.39, 0.29) is 10.8 Å². The van der Waals surface area contributed by atoms with Gasteiger partial charge in [-0.25, -0.2) is 23.1 Å². The van der Waals surface area contributed by atoms with Crippen LogP contribution in [0.15, 0.2) is 46.5 Å². The molecule has 1 aromatic carbocycles. The number of isothiocyanates is 1. The van der Waals surface area contributed by atoms with E-state index in [1.54, 1.807) is 0 Å². The van der Waals surface area contributed by atoms with Crippen molar-refractivity contribution in [1.82, 2.24) is 9.97 Å². The second kappa shape index (κ2) is 6.40. The van der Waals surface area contributed by atoms with E-state index >= 15 is 0 Å². The largest absolute Gasteiger partial charge is 0.494 e. The van der Waals surface area contributed by atoms with Crippen LogP contribution >= 0.6 is 12.2 Å². The van der Waals surface area contributed by atoms with Crippen LogP contribution in [0.5, 0.6) is 5.75 Å². The zero-order chi connectivity index (χ0) is 15.3. The summed E-state index contributed by atoms with van der Waals surface area (Å²) in [7, 11) is -2.30. The maximum Gasteiger partial charge on any atom is 0.264 e. The van der Waals surface area contributed by atoms with Crippen molar-refractivity contribution in [3.63, 3.8) is 0 Å². The Hall–Kier alpha value is -2.35. The Morgan fingerprint density at radius 1 is 1.24 bits per heavy atom. The molecule has 0 unspecified atom stereocenters. The van der Waals surface area contributed by atoms with Crippen molar-refractivity contribution >= 4 is 39.0 Å². The average Bonchev–Trinajstić information content (AvgIpc) is 2.48. The van der Waals surface area contributed by atoms with Gasteiger partial charge in [0.2, 0.25) is 5.95 Å². The van der Waals surface area contributed by atoms with E-state index in [2.05, 4.69) is 37.1 Å². The Morgan fingerprint density at radius 2 is 1.86 bits per heavy atom. The molecule has 0 atom stereocenters. The summed E-state index contributed by atoms with van der Waals surface area (Å²) in [4.78, 5) is 11.5. The molecule has 7 nitrogen and oxygen atoms in total. The quantitative estimate of drug-likeness (QED) is 0.668. The fourth-order valence-electron chi connectivity index (χ4n) is 1.41. The number of benzene rings is 1. The second-order valence-corrected chi connectivity index (χ2v) is 5.61. The lowest BCUT2D eigenvalue weighted by Crippen LogP contribution is -2.14. The summed E-state index contributed by atoms with van der Waals surface area (Å²) < 4.78 is 31.4. The molecular formula is C12H10N4O3S2. The van der Waals surface area contributed by atoms with E-state index in [0.717, 1.165) is 0 Å². The number of hydrogen-bond acceptors (Lipinski definition) is 7. The molecule has 21 heavy (non-hydrogen) atoms. The molecule has 0 amide bonds. The lowest BCUT2D eigenvalue weighted by Gasteiger charge is -2.07.